The van der Waals surface area contributed by atoms with Gasteiger partial charge >= 0.3 is 5.63 Å². The molecule has 5 heteroatoms. The quantitative estimate of drug-likeness (QED) is 0.447. The molecule has 0 aliphatic rings. The van der Waals surface area contributed by atoms with E-state index in [0.717, 1.165) is 12.1 Å². The summed E-state index contributed by atoms with van der Waals surface area (Å²) in [5.74, 6) is -1.04. The Morgan fingerprint density at radius 1 is 1.13 bits per heavy atom. The summed E-state index contributed by atoms with van der Waals surface area (Å²) in [6, 6.07) is 2.21. The van der Waals surface area contributed by atoms with E-state index in [4.69, 9.17) is 4.42 Å². The number of hydrogen-bond donors (Lipinski definition) is 3. The van der Waals surface area contributed by atoms with Crippen LogP contribution in [0.2, 0.25) is 0 Å². The zero-order valence-corrected chi connectivity index (χ0v) is 7.81. The summed E-state index contributed by atoms with van der Waals surface area (Å²) < 4.78 is 4.82. The van der Waals surface area contributed by atoms with Crippen molar-refractivity contribution in [2.24, 2.45) is 0 Å². The number of phenols is 2. The van der Waals surface area contributed by atoms with Crippen molar-refractivity contribution in [3.8, 4) is 17.2 Å². The van der Waals surface area contributed by atoms with Gasteiger partial charge in [0, 0.05) is 6.07 Å². The van der Waals surface area contributed by atoms with Crippen LogP contribution in [0.5, 0.6) is 17.2 Å². The molecule has 0 amide bonds. The van der Waals surface area contributed by atoms with Crippen molar-refractivity contribution < 1.29 is 19.7 Å². The van der Waals surface area contributed by atoms with Gasteiger partial charge in [-0.25, -0.2) is 4.79 Å². The first-order valence-corrected chi connectivity index (χ1v) is 4.19. The number of aromatic hydroxyl groups is 3. The summed E-state index contributed by atoms with van der Waals surface area (Å²) in [4.78, 5) is 11.2. The van der Waals surface area contributed by atoms with Gasteiger partial charge in [-0.15, -0.1) is 0 Å². The van der Waals surface area contributed by atoms with Crippen LogP contribution in [0.1, 0.15) is 5.56 Å². The van der Waals surface area contributed by atoms with Gasteiger partial charge in [0.25, 0.3) is 0 Å². The van der Waals surface area contributed by atoms with E-state index < -0.39 is 11.4 Å². The molecule has 2 aromatic rings. The highest BCUT2D eigenvalue weighted by atomic mass is 16.4. The minimum absolute atomic E-state index is 0.0263. The van der Waals surface area contributed by atoms with Crippen LogP contribution in [0.3, 0.4) is 0 Å². The molecular weight excluding hydrogens is 200 g/mol. The topological polar surface area (TPSA) is 90.9 Å². The van der Waals surface area contributed by atoms with E-state index >= 15 is 0 Å². The van der Waals surface area contributed by atoms with E-state index in [2.05, 4.69) is 0 Å². The van der Waals surface area contributed by atoms with E-state index in [1.807, 2.05) is 0 Å². The second kappa shape index (κ2) is 2.91. The van der Waals surface area contributed by atoms with Gasteiger partial charge < -0.3 is 19.7 Å². The zero-order chi connectivity index (χ0) is 11.2. The second-order valence-corrected chi connectivity index (χ2v) is 3.20. The molecule has 0 spiro atoms. The lowest BCUT2D eigenvalue weighted by Crippen LogP contribution is -2.02. The van der Waals surface area contributed by atoms with Crippen LogP contribution in [0.25, 0.3) is 11.0 Å². The average Bonchev–Trinajstić information content (AvgIpc) is 2.19. The van der Waals surface area contributed by atoms with Gasteiger partial charge in [-0.05, 0) is 13.0 Å². The standard InChI is InChI=1S/C10H8O5/c1-4-9(13)5-2-6(11)7(12)3-8(5)15-10(4)14/h2-3,11-13H,1H3. The van der Waals surface area contributed by atoms with Crippen LogP contribution < -0.4 is 5.63 Å². The largest absolute Gasteiger partial charge is 0.507 e. The molecule has 3 N–H and O–H groups in total. The maximum atomic E-state index is 11.2. The molecule has 0 aliphatic carbocycles. The smallest absolute Gasteiger partial charge is 0.342 e. The highest BCUT2D eigenvalue weighted by molar-refractivity contribution is 5.86. The molecule has 0 unspecified atom stereocenters. The van der Waals surface area contributed by atoms with Crippen LogP contribution in [0.15, 0.2) is 21.3 Å². The Morgan fingerprint density at radius 2 is 1.73 bits per heavy atom. The van der Waals surface area contributed by atoms with Crippen molar-refractivity contribution in [1.82, 2.24) is 0 Å². The van der Waals surface area contributed by atoms with Gasteiger partial charge in [0.1, 0.15) is 11.3 Å². The molecule has 15 heavy (non-hydrogen) atoms. The third kappa shape index (κ3) is 1.28. The molecular formula is C10H8O5. The summed E-state index contributed by atoms with van der Waals surface area (Å²) in [6.07, 6.45) is 0. The first kappa shape index (κ1) is 9.39. The lowest BCUT2D eigenvalue weighted by molar-refractivity contribution is 0.402. The molecule has 0 bridgehead atoms. The molecule has 5 nitrogen and oxygen atoms in total. The predicted molar refractivity (Wildman–Crippen MR) is 52.2 cm³/mol. The van der Waals surface area contributed by atoms with E-state index in [-0.39, 0.29) is 28.0 Å². The maximum absolute atomic E-state index is 11.2. The van der Waals surface area contributed by atoms with Crippen molar-refractivity contribution in [1.29, 1.82) is 0 Å². The summed E-state index contributed by atoms with van der Waals surface area (Å²) >= 11 is 0. The fourth-order valence-corrected chi connectivity index (χ4v) is 1.30. The molecule has 1 aromatic heterocycles. The number of benzene rings is 1. The van der Waals surface area contributed by atoms with Crippen molar-refractivity contribution in [2.45, 2.75) is 6.92 Å². The molecule has 1 aromatic carbocycles. The maximum Gasteiger partial charge on any atom is 0.342 e. The predicted octanol–water partition coefficient (Wildman–Crippen LogP) is 1.22. The lowest BCUT2D eigenvalue weighted by atomic mass is 10.1. The van der Waals surface area contributed by atoms with Gasteiger partial charge in [-0.2, -0.15) is 0 Å². The van der Waals surface area contributed by atoms with Gasteiger partial charge in [0.15, 0.2) is 11.5 Å². The molecule has 0 saturated heterocycles. The monoisotopic (exact) mass is 208 g/mol. The summed E-state index contributed by atoms with van der Waals surface area (Å²) in [6.45, 7) is 1.41. The Morgan fingerprint density at radius 3 is 2.40 bits per heavy atom. The van der Waals surface area contributed by atoms with Crippen molar-refractivity contribution in [3.63, 3.8) is 0 Å². The van der Waals surface area contributed by atoms with E-state index in [0.29, 0.717) is 0 Å². The Kier molecular flexibility index (Phi) is 1.82. The zero-order valence-electron chi connectivity index (χ0n) is 7.81. The van der Waals surface area contributed by atoms with Crippen LogP contribution >= 0.6 is 0 Å². The Labute approximate surface area is 83.8 Å². The van der Waals surface area contributed by atoms with Crippen molar-refractivity contribution >= 4 is 11.0 Å². The fraction of sp³-hybridized carbons (Fsp3) is 0.100. The normalized spacial score (nSPS) is 10.7. The van der Waals surface area contributed by atoms with Gasteiger partial charge in [0.05, 0.1) is 10.9 Å². The molecule has 0 atom stereocenters. The van der Waals surface area contributed by atoms with Crippen molar-refractivity contribution in [3.05, 3.63) is 28.1 Å². The molecule has 0 saturated carbocycles. The van der Waals surface area contributed by atoms with Crippen LogP contribution in [0.4, 0.5) is 0 Å². The summed E-state index contributed by atoms with van der Waals surface area (Å²) in [5.41, 5.74) is -0.587. The fourth-order valence-electron chi connectivity index (χ4n) is 1.30. The van der Waals surface area contributed by atoms with Crippen LogP contribution in [-0.4, -0.2) is 15.3 Å². The third-order valence-corrected chi connectivity index (χ3v) is 2.20. The van der Waals surface area contributed by atoms with E-state index in [1.165, 1.54) is 6.92 Å². The number of fused-ring (bicyclic) bond motifs is 1. The van der Waals surface area contributed by atoms with Gasteiger partial charge in [0.2, 0.25) is 0 Å². The first-order valence-electron chi connectivity index (χ1n) is 4.19. The molecule has 2 rings (SSSR count). The first-order chi connectivity index (χ1) is 7.00. The SMILES string of the molecule is Cc1c(O)c2cc(O)c(O)cc2oc1=O. The van der Waals surface area contributed by atoms with Gasteiger partial charge in [-0.3, -0.25) is 0 Å². The molecule has 1 heterocycles. The summed E-state index contributed by atoms with van der Waals surface area (Å²) in [5, 5.41) is 28.2. The van der Waals surface area contributed by atoms with Crippen LogP contribution in [0, 0.1) is 6.92 Å². The van der Waals surface area contributed by atoms with Crippen LogP contribution in [-0.2, 0) is 0 Å². The Balaban J connectivity index is 3.00. The number of hydrogen-bond acceptors (Lipinski definition) is 5. The summed E-state index contributed by atoms with van der Waals surface area (Å²) in [7, 11) is 0. The highest BCUT2D eigenvalue weighted by Gasteiger charge is 2.12. The molecule has 78 valence electrons. The average molecular weight is 208 g/mol. The Hall–Kier alpha value is -2.17. The molecule has 0 fully saturated rings. The minimum Gasteiger partial charge on any atom is -0.507 e. The lowest BCUT2D eigenvalue weighted by Gasteiger charge is -2.04. The minimum atomic E-state index is -0.676. The van der Waals surface area contributed by atoms with Crippen molar-refractivity contribution in [2.75, 3.05) is 0 Å². The van der Waals surface area contributed by atoms with E-state index in [1.54, 1.807) is 0 Å². The Bertz CT molecular complexity index is 597. The number of phenolic OH excluding ortho intramolecular Hbond substituents is 2. The highest BCUT2D eigenvalue weighted by Crippen LogP contribution is 2.34. The van der Waals surface area contributed by atoms with E-state index in [9.17, 15) is 20.1 Å². The molecule has 0 radical (unpaired) electrons. The number of rotatable bonds is 0. The van der Waals surface area contributed by atoms with Gasteiger partial charge in [-0.1, -0.05) is 0 Å². The third-order valence-electron chi connectivity index (χ3n) is 2.20. The molecule has 0 aliphatic heterocycles. The second-order valence-electron chi connectivity index (χ2n) is 3.20.